The van der Waals surface area contributed by atoms with Crippen molar-refractivity contribution < 1.29 is 14.0 Å². The molecule has 1 N–H and O–H groups in total. The zero-order chi connectivity index (χ0) is 17.8. The number of carbonyl (C=O) groups excluding carboxylic acids is 2. The summed E-state index contributed by atoms with van der Waals surface area (Å²) in [7, 11) is 0. The molecule has 0 saturated carbocycles. The minimum atomic E-state index is -0.334. The highest BCUT2D eigenvalue weighted by molar-refractivity contribution is 9.10. The highest BCUT2D eigenvalue weighted by atomic mass is 79.9. The van der Waals surface area contributed by atoms with Gasteiger partial charge in [0.05, 0.1) is 5.69 Å². The van der Waals surface area contributed by atoms with E-state index < -0.39 is 0 Å². The SMILES string of the molecule is O=C(NCc1ccc(F)cc1)C1=NN(c2ccc(Br)cc2)C(=O)CC1. The summed E-state index contributed by atoms with van der Waals surface area (Å²) in [4.78, 5) is 24.4. The van der Waals surface area contributed by atoms with Gasteiger partial charge in [0.1, 0.15) is 11.5 Å². The van der Waals surface area contributed by atoms with E-state index in [9.17, 15) is 14.0 Å². The summed E-state index contributed by atoms with van der Waals surface area (Å²) in [6.07, 6.45) is 0.514. The van der Waals surface area contributed by atoms with E-state index in [2.05, 4.69) is 26.3 Å². The molecular formula is C18H15BrFN3O2. The topological polar surface area (TPSA) is 61.8 Å². The van der Waals surface area contributed by atoms with Crippen LogP contribution in [0.5, 0.6) is 0 Å². The normalized spacial score (nSPS) is 14.2. The second-order valence-corrected chi connectivity index (χ2v) is 6.45. The molecule has 3 rings (SSSR count). The van der Waals surface area contributed by atoms with Crippen LogP contribution in [0.1, 0.15) is 18.4 Å². The van der Waals surface area contributed by atoms with Gasteiger partial charge in [-0.05, 0) is 42.0 Å². The number of carbonyl (C=O) groups is 2. The lowest BCUT2D eigenvalue weighted by atomic mass is 10.1. The van der Waals surface area contributed by atoms with E-state index in [4.69, 9.17) is 0 Å². The third-order valence-corrected chi connectivity index (χ3v) is 4.26. The van der Waals surface area contributed by atoms with Crippen LogP contribution in [0.2, 0.25) is 0 Å². The highest BCUT2D eigenvalue weighted by Crippen LogP contribution is 2.22. The first kappa shape index (κ1) is 17.3. The average Bonchev–Trinajstić information content (AvgIpc) is 2.62. The molecule has 5 nitrogen and oxygen atoms in total. The number of benzene rings is 2. The van der Waals surface area contributed by atoms with E-state index in [1.165, 1.54) is 17.1 Å². The van der Waals surface area contributed by atoms with E-state index in [1.807, 2.05) is 0 Å². The minimum Gasteiger partial charge on any atom is -0.347 e. The van der Waals surface area contributed by atoms with Crippen molar-refractivity contribution in [3.8, 4) is 0 Å². The predicted molar refractivity (Wildman–Crippen MR) is 96.5 cm³/mol. The Hall–Kier alpha value is -2.54. The van der Waals surface area contributed by atoms with Crippen LogP contribution in [0.3, 0.4) is 0 Å². The monoisotopic (exact) mass is 403 g/mol. The molecule has 0 saturated heterocycles. The Kier molecular flexibility index (Phi) is 5.23. The Balaban J connectivity index is 1.70. The molecule has 7 heteroatoms. The van der Waals surface area contributed by atoms with E-state index in [0.717, 1.165) is 10.0 Å². The number of hydrazone groups is 1. The Bertz CT molecular complexity index is 819. The second kappa shape index (κ2) is 7.57. The van der Waals surface area contributed by atoms with E-state index in [1.54, 1.807) is 36.4 Å². The first-order chi connectivity index (χ1) is 12.0. The standard InChI is InChI=1S/C18H15BrFN3O2/c19-13-3-7-15(8-4-13)23-17(24)10-9-16(22-23)18(25)21-11-12-1-5-14(20)6-2-12/h1-8H,9-11H2,(H,21,25). The fraction of sp³-hybridized carbons (Fsp3) is 0.167. The van der Waals surface area contributed by atoms with Crippen molar-refractivity contribution in [1.82, 2.24) is 5.32 Å². The lowest BCUT2D eigenvalue weighted by molar-refractivity contribution is -0.119. The van der Waals surface area contributed by atoms with Crippen LogP contribution in [-0.2, 0) is 16.1 Å². The molecule has 0 unspecified atom stereocenters. The van der Waals surface area contributed by atoms with Crippen molar-refractivity contribution in [2.75, 3.05) is 5.01 Å². The van der Waals surface area contributed by atoms with Gasteiger partial charge in [0.25, 0.3) is 5.91 Å². The van der Waals surface area contributed by atoms with E-state index in [-0.39, 0.29) is 30.6 Å². The van der Waals surface area contributed by atoms with Crippen molar-refractivity contribution in [2.45, 2.75) is 19.4 Å². The second-order valence-electron chi connectivity index (χ2n) is 5.54. The summed E-state index contributed by atoms with van der Waals surface area (Å²) >= 11 is 3.34. The van der Waals surface area contributed by atoms with Crippen molar-refractivity contribution in [2.24, 2.45) is 5.10 Å². The molecule has 0 fully saturated rings. The van der Waals surface area contributed by atoms with Crippen LogP contribution in [0.25, 0.3) is 0 Å². The van der Waals surface area contributed by atoms with Gasteiger partial charge >= 0.3 is 0 Å². The molecule has 2 amide bonds. The van der Waals surface area contributed by atoms with Gasteiger partial charge in [-0.3, -0.25) is 9.59 Å². The zero-order valence-electron chi connectivity index (χ0n) is 13.2. The molecule has 0 aliphatic carbocycles. The Morgan fingerprint density at radius 2 is 1.80 bits per heavy atom. The van der Waals surface area contributed by atoms with Crippen molar-refractivity contribution in [1.29, 1.82) is 0 Å². The molecule has 0 bridgehead atoms. The quantitative estimate of drug-likeness (QED) is 0.850. The summed E-state index contributed by atoms with van der Waals surface area (Å²) in [6.45, 7) is 0.268. The molecule has 1 aliphatic heterocycles. The first-order valence-corrected chi connectivity index (χ1v) is 8.51. The van der Waals surface area contributed by atoms with Crippen LogP contribution >= 0.6 is 15.9 Å². The number of hydrogen-bond donors (Lipinski definition) is 1. The van der Waals surface area contributed by atoms with E-state index in [0.29, 0.717) is 17.8 Å². The number of nitrogens with one attached hydrogen (secondary N) is 1. The zero-order valence-corrected chi connectivity index (χ0v) is 14.8. The average molecular weight is 404 g/mol. The molecule has 1 aliphatic rings. The fourth-order valence-electron chi connectivity index (χ4n) is 2.39. The highest BCUT2D eigenvalue weighted by Gasteiger charge is 2.25. The fourth-order valence-corrected chi connectivity index (χ4v) is 2.65. The van der Waals surface area contributed by atoms with Crippen molar-refractivity contribution in [3.63, 3.8) is 0 Å². The van der Waals surface area contributed by atoms with Gasteiger partial charge in [-0.2, -0.15) is 5.10 Å². The van der Waals surface area contributed by atoms with Gasteiger partial charge in [-0.1, -0.05) is 28.1 Å². The lowest BCUT2D eigenvalue weighted by Crippen LogP contribution is -2.38. The summed E-state index contributed by atoms with van der Waals surface area (Å²) in [5, 5.41) is 8.20. The molecule has 0 atom stereocenters. The molecule has 2 aromatic rings. The molecule has 25 heavy (non-hydrogen) atoms. The van der Waals surface area contributed by atoms with Crippen LogP contribution in [0.15, 0.2) is 58.1 Å². The molecule has 2 aromatic carbocycles. The third-order valence-electron chi connectivity index (χ3n) is 3.73. The minimum absolute atomic E-state index is 0.155. The largest absolute Gasteiger partial charge is 0.347 e. The summed E-state index contributed by atoms with van der Waals surface area (Å²) < 4.78 is 13.8. The smallest absolute Gasteiger partial charge is 0.267 e. The number of halogens is 2. The molecule has 0 spiro atoms. The van der Waals surface area contributed by atoms with Crippen LogP contribution in [0.4, 0.5) is 10.1 Å². The molecular weight excluding hydrogens is 389 g/mol. The Labute approximate surface area is 152 Å². The first-order valence-electron chi connectivity index (χ1n) is 7.71. The number of rotatable bonds is 4. The van der Waals surface area contributed by atoms with Gasteiger partial charge in [-0.25, -0.2) is 9.40 Å². The molecule has 1 heterocycles. The Morgan fingerprint density at radius 1 is 1.12 bits per heavy atom. The maximum absolute atomic E-state index is 12.9. The number of amides is 2. The van der Waals surface area contributed by atoms with Crippen molar-refractivity contribution >= 4 is 39.1 Å². The lowest BCUT2D eigenvalue weighted by Gasteiger charge is -2.23. The van der Waals surface area contributed by atoms with Crippen LogP contribution < -0.4 is 10.3 Å². The number of nitrogens with zero attached hydrogens (tertiary/aromatic N) is 2. The number of anilines is 1. The Morgan fingerprint density at radius 3 is 2.48 bits per heavy atom. The third kappa shape index (κ3) is 4.30. The van der Waals surface area contributed by atoms with E-state index >= 15 is 0 Å². The van der Waals surface area contributed by atoms with Crippen LogP contribution in [0, 0.1) is 5.82 Å². The molecule has 0 aromatic heterocycles. The summed E-state index contributed by atoms with van der Waals surface area (Å²) in [5.41, 5.74) is 1.69. The number of hydrogen-bond acceptors (Lipinski definition) is 3. The predicted octanol–water partition coefficient (Wildman–Crippen LogP) is 3.39. The maximum Gasteiger partial charge on any atom is 0.267 e. The van der Waals surface area contributed by atoms with Gasteiger partial charge in [0, 0.05) is 23.9 Å². The summed E-state index contributed by atoms with van der Waals surface area (Å²) in [5.74, 6) is -0.813. The molecule has 128 valence electrons. The van der Waals surface area contributed by atoms with Gasteiger partial charge in [-0.15, -0.1) is 0 Å². The maximum atomic E-state index is 12.9. The van der Waals surface area contributed by atoms with Gasteiger partial charge in [0.2, 0.25) is 5.91 Å². The summed E-state index contributed by atoms with van der Waals surface area (Å²) in [6, 6.07) is 13.0. The van der Waals surface area contributed by atoms with Crippen LogP contribution in [-0.4, -0.2) is 17.5 Å². The van der Waals surface area contributed by atoms with Gasteiger partial charge in [0.15, 0.2) is 0 Å². The van der Waals surface area contributed by atoms with Gasteiger partial charge < -0.3 is 5.32 Å². The van der Waals surface area contributed by atoms with Crippen molar-refractivity contribution in [3.05, 3.63) is 64.4 Å². The molecule has 0 radical (unpaired) electrons.